The standard InChI is InChI=1S/C41H60N6O11S.C15H17ClN2O2/c1-9-27-24-41(27,36(50)45-59(52,53)58-40(8)13-14-40)44-33(48)31-23-29(25-47(31)35(49)32(38(2,3)4)43-37(51)57-39(5,6)7)56-34-30-11-10-28(22-26(30)12-15-42-34)55-21-18-46-16-19-54-20-17-46;16-15-14-2-1-13(11-12(14)3-4-17-15)20-10-7-18-5-8-19-9-6-18/h10-12,15,22,27,29,31-32H,9,13-14,16-21,23-25H2,1-8H3,(H,43,51)(H,44,48)(H,45,50);1-4,11H,5-10H2/t27-,29-,31+,32-,41-;/m1./s1. The molecule has 0 unspecified atom stereocenters. The highest BCUT2D eigenvalue weighted by Gasteiger charge is 2.62. The van der Waals surface area contributed by atoms with Crippen molar-refractivity contribution in [2.75, 3.05) is 85.5 Å². The zero-order valence-corrected chi connectivity index (χ0v) is 48.2. The first kappa shape index (κ1) is 59.5. The van der Waals surface area contributed by atoms with Gasteiger partial charge in [0.15, 0.2) is 0 Å². The van der Waals surface area contributed by atoms with Gasteiger partial charge in [0.05, 0.1) is 38.6 Å². The number of rotatable bonds is 19. The van der Waals surface area contributed by atoms with Crippen LogP contribution < -0.4 is 29.6 Å². The molecule has 5 fully saturated rings. The van der Waals surface area contributed by atoms with E-state index in [2.05, 4.69) is 30.4 Å². The molecule has 2 aromatic carbocycles. The van der Waals surface area contributed by atoms with Gasteiger partial charge < -0.3 is 44.0 Å². The summed E-state index contributed by atoms with van der Waals surface area (Å²) in [6.45, 7) is 23.6. The number of hydrogen-bond donors (Lipinski definition) is 3. The summed E-state index contributed by atoms with van der Waals surface area (Å²) < 4.78 is 67.5. The van der Waals surface area contributed by atoms with Crippen LogP contribution in [-0.4, -0.2) is 177 Å². The molecule has 0 radical (unpaired) electrons. The topological polar surface area (TPSA) is 239 Å². The molecular weight excluding hydrogens is 1060 g/mol. The SMILES string of the molecule is CC[C@@H]1C[C@]1(NC(=O)[C@@H]1C[C@@H](Oc2nccc3cc(OCCN4CCOCC4)ccc23)CN1C(=O)[C@@H](NC(=O)OC(C)(C)C)C(C)(C)C)C(=O)NS(=O)(=O)OC1(C)CC1.Clc1nccc2cc(OCCN3CCOCC3)ccc12. The summed E-state index contributed by atoms with van der Waals surface area (Å²) in [5, 5.41) is 9.59. The number of alkyl carbamates (subject to hydrolysis) is 1. The summed E-state index contributed by atoms with van der Waals surface area (Å²) in [5.74, 6) is -0.652. The number of aromatic nitrogens is 2. The number of benzene rings is 2. The third kappa shape index (κ3) is 16.1. The lowest BCUT2D eigenvalue weighted by Crippen LogP contribution is -2.60. The second-order valence-electron chi connectivity index (χ2n) is 23.2. The Hall–Kier alpha value is -5.62. The lowest BCUT2D eigenvalue weighted by molar-refractivity contribution is -0.143. The normalized spacial score (nSPS) is 22.7. The number of nitrogens with one attached hydrogen (secondary N) is 3. The second kappa shape index (κ2) is 25.0. The molecule has 432 valence electrons. The van der Waals surface area contributed by atoms with Gasteiger partial charge in [-0.1, -0.05) is 45.7 Å². The molecular formula is C56H77ClN8O13S. The van der Waals surface area contributed by atoms with Crippen molar-refractivity contribution in [3.05, 3.63) is 66.1 Å². The van der Waals surface area contributed by atoms with E-state index in [9.17, 15) is 27.6 Å². The van der Waals surface area contributed by atoms with Gasteiger partial charge in [0.2, 0.25) is 17.7 Å². The summed E-state index contributed by atoms with van der Waals surface area (Å²) in [6.07, 6.45) is 3.53. The molecule has 9 rings (SSSR count). The Balaban J connectivity index is 0.000000341. The number of hydrogen-bond acceptors (Lipinski definition) is 17. The maximum absolute atomic E-state index is 14.6. The molecule has 2 aliphatic carbocycles. The summed E-state index contributed by atoms with van der Waals surface area (Å²) in [6, 6.07) is 13.0. The Kier molecular flexibility index (Phi) is 18.9. The number of morpholine rings is 2. The summed E-state index contributed by atoms with van der Waals surface area (Å²) in [5.41, 5.74) is -4.08. The summed E-state index contributed by atoms with van der Waals surface area (Å²) >= 11 is 6.04. The van der Waals surface area contributed by atoms with Crippen molar-refractivity contribution < 1.29 is 60.2 Å². The molecule has 5 heterocycles. The van der Waals surface area contributed by atoms with Gasteiger partial charge in [0.25, 0.3) is 5.91 Å². The van der Waals surface area contributed by atoms with Gasteiger partial charge >= 0.3 is 16.4 Å². The van der Waals surface area contributed by atoms with Crippen LogP contribution >= 0.6 is 11.6 Å². The Labute approximate surface area is 468 Å². The zero-order valence-electron chi connectivity index (χ0n) is 46.6. The van der Waals surface area contributed by atoms with Gasteiger partial charge in [-0.25, -0.2) is 23.7 Å². The van der Waals surface area contributed by atoms with Crippen LogP contribution in [0.25, 0.3) is 21.5 Å². The molecule has 5 aliphatic rings. The van der Waals surface area contributed by atoms with Gasteiger partial charge in [-0.15, -0.1) is 0 Å². The molecule has 79 heavy (non-hydrogen) atoms. The van der Waals surface area contributed by atoms with Gasteiger partial charge in [0, 0.05) is 68.9 Å². The molecule has 2 aromatic heterocycles. The number of likely N-dealkylation sites (tertiary alicyclic amines) is 1. The van der Waals surface area contributed by atoms with E-state index in [1.807, 2.05) is 60.2 Å². The number of carbonyl (C=O) groups excluding carboxylic acids is 4. The fraction of sp³-hybridized carbons (Fsp3) is 0.607. The number of halogens is 1. The minimum absolute atomic E-state index is 0.00985. The Morgan fingerprint density at radius 1 is 0.823 bits per heavy atom. The quantitative estimate of drug-likeness (QED) is 0.0906. The van der Waals surface area contributed by atoms with Gasteiger partial charge in [0.1, 0.15) is 59.2 Å². The van der Waals surface area contributed by atoms with Gasteiger partial charge in [-0.3, -0.25) is 24.2 Å². The number of fused-ring (bicyclic) bond motifs is 2. The lowest BCUT2D eigenvalue weighted by atomic mass is 9.85. The smallest absolute Gasteiger partial charge is 0.408 e. The molecule has 2 saturated carbocycles. The monoisotopic (exact) mass is 1140 g/mol. The molecule has 3 N–H and O–H groups in total. The number of nitrogens with zero attached hydrogens (tertiary/aromatic N) is 5. The van der Waals surface area contributed by atoms with E-state index in [1.54, 1.807) is 60.9 Å². The maximum atomic E-state index is 14.6. The molecule has 3 saturated heterocycles. The van der Waals surface area contributed by atoms with Crippen molar-refractivity contribution in [3.8, 4) is 17.4 Å². The largest absolute Gasteiger partial charge is 0.492 e. The number of pyridine rings is 2. The number of ether oxygens (including phenoxy) is 6. The predicted molar refractivity (Wildman–Crippen MR) is 296 cm³/mol. The van der Waals surface area contributed by atoms with Crippen molar-refractivity contribution in [1.29, 1.82) is 0 Å². The highest BCUT2D eigenvalue weighted by atomic mass is 35.5. The van der Waals surface area contributed by atoms with Crippen LogP contribution in [0.15, 0.2) is 60.9 Å². The van der Waals surface area contributed by atoms with Crippen LogP contribution in [0.3, 0.4) is 0 Å². The minimum Gasteiger partial charge on any atom is -0.492 e. The summed E-state index contributed by atoms with van der Waals surface area (Å²) in [7, 11) is -4.46. The van der Waals surface area contributed by atoms with Crippen molar-refractivity contribution >= 4 is 67.3 Å². The molecule has 4 aromatic rings. The third-order valence-electron chi connectivity index (χ3n) is 14.7. The van der Waals surface area contributed by atoms with Crippen molar-refractivity contribution in [1.82, 2.24) is 40.0 Å². The van der Waals surface area contributed by atoms with Crippen molar-refractivity contribution in [3.63, 3.8) is 0 Å². The summed E-state index contributed by atoms with van der Waals surface area (Å²) in [4.78, 5) is 70.3. The predicted octanol–water partition coefficient (Wildman–Crippen LogP) is 6.05. The van der Waals surface area contributed by atoms with Crippen molar-refractivity contribution in [2.24, 2.45) is 11.3 Å². The third-order valence-corrected chi connectivity index (χ3v) is 16.0. The van der Waals surface area contributed by atoms with Crippen LogP contribution in [0.4, 0.5) is 4.79 Å². The molecule has 3 aliphatic heterocycles. The second-order valence-corrected chi connectivity index (χ2v) is 24.8. The van der Waals surface area contributed by atoms with Crippen LogP contribution in [0, 0.1) is 11.3 Å². The van der Waals surface area contributed by atoms with E-state index in [0.29, 0.717) is 67.9 Å². The average molecular weight is 1140 g/mol. The fourth-order valence-electron chi connectivity index (χ4n) is 9.89. The highest BCUT2D eigenvalue weighted by Crippen LogP contribution is 2.47. The highest BCUT2D eigenvalue weighted by molar-refractivity contribution is 7.85. The average Bonchev–Trinajstić information content (AvgIpc) is 4.35. The molecule has 4 amide bonds. The fourth-order valence-corrected chi connectivity index (χ4v) is 11.3. The molecule has 21 nitrogen and oxygen atoms in total. The number of carbonyl (C=O) groups is 4. The first-order valence-corrected chi connectivity index (χ1v) is 29.1. The van der Waals surface area contributed by atoms with E-state index in [1.165, 1.54) is 4.90 Å². The van der Waals surface area contributed by atoms with E-state index < -0.39 is 74.5 Å². The molecule has 23 heteroatoms. The Morgan fingerprint density at radius 3 is 1.94 bits per heavy atom. The van der Waals surface area contributed by atoms with Gasteiger partial charge in [-0.2, -0.15) is 8.42 Å². The van der Waals surface area contributed by atoms with E-state index >= 15 is 0 Å². The maximum Gasteiger partial charge on any atom is 0.408 e. The van der Waals surface area contributed by atoms with Crippen LogP contribution in [-0.2, 0) is 43.1 Å². The van der Waals surface area contributed by atoms with Crippen LogP contribution in [0.1, 0.15) is 87.5 Å². The van der Waals surface area contributed by atoms with Crippen LogP contribution in [0.2, 0.25) is 5.15 Å². The molecule has 0 spiro atoms. The van der Waals surface area contributed by atoms with Crippen LogP contribution in [0.5, 0.6) is 17.4 Å². The molecule has 0 bridgehead atoms. The minimum atomic E-state index is -4.46. The van der Waals surface area contributed by atoms with Gasteiger partial charge in [-0.05, 0) is 118 Å². The molecule has 5 atom stereocenters. The van der Waals surface area contributed by atoms with E-state index in [4.69, 9.17) is 44.2 Å². The lowest BCUT2D eigenvalue weighted by Gasteiger charge is -2.36. The number of amides is 4. The first-order valence-electron chi connectivity index (χ1n) is 27.3. The first-order chi connectivity index (χ1) is 37.4. The Bertz CT molecular complexity index is 2920. The zero-order chi connectivity index (χ0) is 56.8. The van der Waals surface area contributed by atoms with E-state index in [0.717, 1.165) is 74.4 Å². The van der Waals surface area contributed by atoms with E-state index in [-0.39, 0.29) is 25.3 Å². The van der Waals surface area contributed by atoms with Crippen molar-refractivity contribution in [2.45, 2.75) is 122 Å². The Morgan fingerprint density at radius 2 is 1.39 bits per heavy atom.